The second-order valence-corrected chi connectivity index (χ2v) is 21.0. The van der Waals surface area contributed by atoms with Crippen LogP contribution in [0.2, 0.25) is 0 Å². The first-order chi connectivity index (χ1) is 29.0. The van der Waals surface area contributed by atoms with E-state index in [0.29, 0.717) is 26.4 Å². The van der Waals surface area contributed by atoms with Crippen LogP contribution in [-0.4, -0.2) is 198 Å². The van der Waals surface area contributed by atoms with Crippen molar-refractivity contribution < 1.29 is 398 Å². The zero-order valence-corrected chi connectivity index (χ0v) is 86.4. The van der Waals surface area contributed by atoms with E-state index in [0.717, 1.165) is 12.8 Å². The number of hydrogen-bond acceptors (Lipinski definition) is 17. The summed E-state index contributed by atoms with van der Waals surface area (Å²) in [6, 6.07) is 0. The minimum absolute atomic E-state index is 0. The van der Waals surface area contributed by atoms with Gasteiger partial charge in [-0.3, -0.25) is 0 Å². The average molecular weight is 2190 g/mol. The molecule has 80 heavy (non-hydrogen) atoms. The summed E-state index contributed by atoms with van der Waals surface area (Å²) in [5, 5.41) is 109. The Morgan fingerprint density at radius 2 is 0.463 bits per heavy atom. The van der Waals surface area contributed by atoms with E-state index in [1.165, 1.54) is 0 Å². The first kappa shape index (κ1) is 174. The third-order valence-corrected chi connectivity index (χ3v) is 3.43. The Kier molecular flexibility index (Phi) is 259. The first-order valence-electron chi connectivity index (χ1n) is 23.0. The van der Waals surface area contributed by atoms with Crippen molar-refractivity contribution >= 4 is 0 Å². The number of aliphatic hydroxyl groups is 13. The van der Waals surface area contributed by atoms with Gasteiger partial charge in [-0.1, -0.05) is 13.8 Å². The van der Waals surface area contributed by atoms with Gasteiger partial charge in [0.05, 0.1) is 78.3 Å². The maximum atomic E-state index is 8.89. The number of methoxy groups -OCH3 is 4. The molecule has 0 saturated carbocycles. The summed E-state index contributed by atoms with van der Waals surface area (Å²) < 4.78 is 18.3. The van der Waals surface area contributed by atoms with E-state index in [1.54, 1.807) is 202 Å². The maximum Gasteiger partial charge on any atom is 0.0824 e. The molecule has 0 bridgehead atoms. The Morgan fingerprint density at radius 3 is 0.463 bits per heavy atom. The first-order valence-corrected chi connectivity index (χ1v) is 23.0. The summed E-state index contributed by atoms with van der Waals surface area (Å²) in [5.41, 5.74) is -3.76. The molecular formula is C50H126Hf3O17Ti6Zr4. The molecule has 0 radical (unpaired) electrons. The molecule has 17 nitrogen and oxygen atoms in total. The second kappa shape index (κ2) is 119. The van der Waals surface area contributed by atoms with Gasteiger partial charge in [0.25, 0.3) is 0 Å². The van der Waals surface area contributed by atoms with Crippen LogP contribution in [0.25, 0.3) is 0 Å². The van der Waals surface area contributed by atoms with Crippen molar-refractivity contribution in [3.63, 3.8) is 0 Å². The van der Waals surface area contributed by atoms with Crippen LogP contribution >= 0.6 is 0 Å². The van der Waals surface area contributed by atoms with E-state index in [4.69, 9.17) is 66.4 Å². The smallest absolute Gasteiger partial charge is 0.0824 e. The predicted octanol–water partition coefficient (Wildman–Crippen LogP) is 6.24. The molecule has 0 aliphatic carbocycles. The fourth-order valence-corrected chi connectivity index (χ4v) is 1.04. The van der Waals surface area contributed by atoms with E-state index in [-0.39, 0.29) is 350 Å². The summed E-state index contributed by atoms with van der Waals surface area (Å²) in [5.74, 6) is 0. The molecule has 0 aromatic carbocycles. The van der Waals surface area contributed by atoms with E-state index in [9.17, 15) is 0 Å². The minimum atomic E-state index is -0.672. The molecule has 0 aliphatic rings. The Hall–Kier alpha value is 9.75. The van der Waals surface area contributed by atoms with Crippen molar-refractivity contribution in [2.75, 3.05) is 68.1 Å². The van der Waals surface area contributed by atoms with Crippen molar-refractivity contribution in [2.45, 2.75) is 263 Å². The summed E-state index contributed by atoms with van der Waals surface area (Å²) in [6.07, 6.45) is 0.829. The van der Waals surface area contributed by atoms with Crippen LogP contribution in [0.15, 0.2) is 0 Å². The molecule has 1 unspecified atom stereocenters. The second-order valence-electron chi connectivity index (χ2n) is 21.0. The zero-order chi connectivity index (χ0) is 58.3. The maximum absolute atomic E-state index is 8.89. The molecule has 0 aromatic heterocycles. The Morgan fingerprint density at radius 1 is 0.338 bits per heavy atom. The fraction of sp³-hybridized carbons (Fsp3) is 1.00. The third kappa shape index (κ3) is 799. The molecule has 0 rings (SSSR count). The molecule has 13 N–H and O–H groups in total. The van der Waals surface area contributed by atoms with Crippen LogP contribution in [-0.2, 0) is 332 Å². The van der Waals surface area contributed by atoms with Gasteiger partial charge in [-0.2, -0.15) is 0 Å². The van der Waals surface area contributed by atoms with Gasteiger partial charge >= 0.3 is 0 Å². The van der Waals surface area contributed by atoms with Gasteiger partial charge in [-0.15, -0.1) is 0 Å². The van der Waals surface area contributed by atoms with Gasteiger partial charge in [0.2, 0.25) is 0 Å². The number of rotatable bonds is 10. The molecule has 0 aromatic rings. The van der Waals surface area contributed by atoms with Crippen molar-refractivity contribution in [1.29, 1.82) is 0 Å². The third-order valence-electron chi connectivity index (χ3n) is 3.43. The minimum Gasteiger partial charge on any atom is -0.397 e. The van der Waals surface area contributed by atoms with Crippen molar-refractivity contribution in [2.24, 2.45) is 0 Å². The van der Waals surface area contributed by atoms with Gasteiger partial charge < -0.3 is 85.3 Å². The fourth-order valence-electron chi connectivity index (χ4n) is 1.04. The van der Waals surface area contributed by atoms with Gasteiger partial charge in [0.1, 0.15) is 0 Å². The van der Waals surface area contributed by atoms with Crippen LogP contribution < -0.4 is 0 Å². The van der Waals surface area contributed by atoms with Gasteiger partial charge in [0.15, 0.2) is 0 Å². The zero-order valence-electron chi connectivity index (χ0n) is 56.4. The summed E-state index contributed by atoms with van der Waals surface area (Å²) in [6.45, 7) is 49.4. The molecule has 0 spiro atoms. The molecule has 30 heteroatoms. The summed E-state index contributed by atoms with van der Waals surface area (Å²) in [7, 11) is 6.25. The quantitative estimate of drug-likeness (QED) is 0.108. The average Bonchev–Trinajstić information content (AvgIpc) is 2.98. The monoisotopic (exact) mass is 2190 g/mol. The topological polar surface area (TPSA) is 300 Å². The van der Waals surface area contributed by atoms with E-state index in [2.05, 4.69) is 18.9 Å². The Balaban J connectivity index is -0.0000000163. The van der Waals surface area contributed by atoms with Crippen LogP contribution in [0.1, 0.15) is 200 Å². The number of ether oxygens (including phenoxy) is 4. The molecule has 0 amide bonds. The number of hydrogen-bond donors (Lipinski definition) is 13. The largest absolute Gasteiger partial charge is 0.397 e. The number of aliphatic hydroxyl groups excluding tert-OH is 6. The summed E-state index contributed by atoms with van der Waals surface area (Å²) >= 11 is 0. The normalized spacial score (nSPS) is 9.34. The van der Waals surface area contributed by atoms with E-state index in [1.807, 2.05) is 13.8 Å². The molecule has 0 heterocycles. The Labute approximate surface area is 717 Å². The molecule has 0 saturated heterocycles. The van der Waals surface area contributed by atoms with Gasteiger partial charge in [-0.05, 0) is 186 Å². The van der Waals surface area contributed by atoms with Crippen LogP contribution in [0.4, 0.5) is 0 Å². The van der Waals surface area contributed by atoms with Crippen molar-refractivity contribution in [3.8, 4) is 0 Å². The molecular weight excluding hydrogens is 2060 g/mol. The molecule has 480 valence electrons. The van der Waals surface area contributed by atoms with E-state index < -0.39 is 39.2 Å². The molecule has 0 aliphatic heterocycles. The molecule has 1 atom stereocenters. The summed E-state index contributed by atoms with van der Waals surface area (Å²) in [4.78, 5) is 0. The van der Waals surface area contributed by atoms with Gasteiger partial charge in [-0.25, -0.2) is 0 Å². The van der Waals surface area contributed by atoms with Crippen molar-refractivity contribution in [3.05, 3.63) is 0 Å². The van der Waals surface area contributed by atoms with Crippen LogP contribution in [0.3, 0.4) is 0 Å². The van der Waals surface area contributed by atoms with Crippen LogP contribution in [0, 0.1) is 0 Å². The SMILES string of the molecule is CC(C)(C)O.CC(C)(C)O.CC(C)(C)O.CC(C)O.CC(C)O.CC(C)O.CCC(C)(C)O.CCC(C)(C)O.CCO.COCC(C)(C)O.COCC(C)(C)O.COCC(C)O.COCCO.[Hf].[Hf].[Hf].[Ti].[Ti].[Ti].[Ti].[Ti].[Ti].[Zr].[Zr].[Zr].[Zr]. The Bertz CT molecular complexity index is 748. The van der Waals surface area contributed by atoms with Gasteiger partial charge in [0, 0.05) is 366 Å². The molecule has 0 fully saturated rings. The standard InChI is InChI=1S/2C5H12O2.2C5H12O.C4H10O2.3C4H10O.C3H8O2.3C3H8O.C2H6O.3Hf.6Ti.4Zr/c2*1-5(2,6)4-7-3;2*1-4-5(2,3)6;1-4(5)3-6-2;3*1-4(2,3)5;1-5-3-2-4;3*1-3(2)4;1-2-3;;;;;;;;;;;;;/h2*6H,4H2,1-3H3;2*6H,4H2,1-3H3;4-5H,3H2,1-2H3;3*5H,1-3H3;4H,2-3H2,1H3;3*3-4H,1-2H3;3H,2H2,1H3;;;;;;;;;;;;;. The van der Waals surface area contributed by atoms with Crippen molar-refractivity contribution in [1.82, 2.24) is 0 Å². The van der Waals surface area contributed by atoms with Crippen LogP contribution in [0.5, 0.6) is 0 Å². The predicted molar refractivity (Wildman–Crippen MR) is 283 cm³/mol. The van der Waals surface area contributed by atoms with E-state index >= 15 is 0 Å².